The van der Waals surface area contributed by atoms with Crippen LogP contribution in [-0.4, -0.2) is 35.5 Å². The van der Waals surface area contributed by atoms with E-state index in [4.69, 9.17) is 9.47 Å². The molecule has 1 amide bonds. The third-order valence-electron chi connectivity index (χ3n) is 3.22. The van der Waals surface area contributed by atoms with E-state index in [1.165, 1.54) is 0 Å². The Balaban J connectivity index is 2.23. The molecule has 0 aromatic rings. The third-order valence-corrected chi connectivity index (χ3v) is 3.22. The molecule has 2 heterocycles. The van der Waals surface area contributed by atoms with Crippen molar-refractivity contribution in [3.8, 4) is 0 Å². The van der Waals surface area contributed by atoms with Gasteiger partial charge in [-0.05, 0) is 13.8 Å². The minimum Gasteiger partial charge on any atom is -0.443 e. The maximum absolute atomic E-state index is 11.7. The average Bonchev–Trinajstić information content (AvgIpc) is 2.66. The summed E-state index contributed by atoms with van der Waals surface area (Å²) in [4.78, 5) is 13.4. The Morgan fingerprint density at radius 2 is 2.33 bits per heavy atom. The number of fused-ring (bicyclic) bond motifs is 1. The van der Waals surface area contributed by atoms with Crippen LogP contribution in [-0.2, 0) is 9.47 Å². The van der Waals surface area contributed by atoms with Crippen LogP contribution in [0.25, 0.3) is 0 Å². The highest BCUT2D eigenvalue weighted by atomic mass is 16.6. The maximum Gasteiger partial charge on any atom is 0.412 e. The Hall–Kier alpha value is -1.03. The Kier molecular flexibility index (Phi) is 2.26. The molecule has 0 radical (unpaired) electrons. The predicted octanol–water partition coefficient (Wildman–Crippen LogP) is 1.76. The number of carbonyl (C=O) groups excluding carboxylic acids is 1. The van der Waals surface area contributed by atoms with Crippen molar-refractivity contribution >= 4 is 6.09 Å². The number of ether oxygens (including phenoxy) is 2. The summed E-state index contributed by atoms with van der Waals surface area (Å²) in [5.41, 5.74) is -0.544. The summed E-state index contributed by atoms with van der Waals surface area (Å²) in [7, 11) is 0. The summed E-state index contributed by atoms with van der Waals surface area (Å²) in [6.07, 6.45) is 1.41. The smallest absolute Gasteiger partial charge is 0.412 e. The molecule has 2 aliphatic rings. The number of cyclic esters (lactones) is 1. The standard InChI is InChI=1S/C11H17NO3/c1-5-7(2)9-8-6-14-11(3,4)12(8)10(13)15-9/h5,7-9H,1,6H2,2-4H3/t7-,8+,9+/m1/s1. The molecule has 2 rings (SSSR count). The van der Waals surface area contributed by atoms with Gasteiger partial charge < -0.3 is 9.47 Å². The van der Waals surface area contributed by atoms with E-state index in [2.05, 4.69) is 6.58 Å². The lowest BCUT2D eigenvalue weighted by Crippen LogP contribution is -2.44. The number of carbonyl (C=O) groups is 1. The van der Waals surface area contributed by atoms with Gasteiger partial charge in [-0.1, -0.05) is 13.0 Å². The Bertz CT molecular complexity index is 300. The van der Waals surface area contributed by atoms with Gasteiger partial charge in [-0.25, -0.2) is 4.79 Å². The zero-order chi connectivity index (χ0) is 11.2. The fourth-order valence-electron chi connectivity index (χ4n) is 2.27. The van der Waals surface area contributed by atoms with Crippen LogP contribution in [0.3, 0.4) is 0 Å². The van der Waals surface area contributed by atoms with Crippen LogP contribution in [0.2, 0.25) is 0 Å². The molecular formula is C11H17NO3. The maximum atomic E-state index is 11.7. The molecule has 0 unspecified atom stereocenters. The van der Waals surface area contributed by atoms with Crippen LogP contribution in [0.15, 0.2) is 12.7 Å². The minimum absolute atomic E-state index is 0.0282. The Labute approximate surface area is 89.8 Å². The molecule has 0 spiro atoms. The lowest BCUT2D eigenvalue weighted by Gasteiger charge is -2.26. The summed E-state index contributed by atoms with van der Waals surface area (Å²) < 4.78 is 10.9. The van der Waals surface area contributed by atoms with Crippen LogP contribution < -0.4 is 0 Å². The Morgan fingerprint density at radius 1 is 1.67 bits per heavy atom. The van der Waals surface area contributed by atoms with Gasteiger partial charge in [0.1, 0.15) is 11.8 Å². The molecule has 3 atom stereocenters. The van der Waals surface area contributed by atoms with Crippen molar-refractivity contribution in [1.82, 2.24) is 4.90 Å². The number of amides is 1. The largest absolute Gasteiger partial charge is 0.443 e. The monoisotopic (exact) mass is 211 g/mol. The molecule has 2 saturated heterocycles. The van der Waals surface area contributed by atoms with E-state index in [1.54, 1.807) is 4.90 Å². The van der Waals surface area contributed by atoms with Gasteiger partial charge in [0.25, 0.3) is 0 Å². The molecule has 84 valence electrons. The molecule has 0 aromatic carbocycles. The molecular weight excluding hydrogens is 194 g/mol. The zero-order valence-corrected chi connectivity index (χ0v) is 9.40. The minimum atomic E-state index is -0.544. The first-order chi connectivity index (χ1) is 6.97. The number of nitrogens with zero attached hydrogens (tertiary/aromatic N) is 1. The highest BCUT2D eigenvalue weighted by Gasteiger charge is 2.54. The van der Waals surface area contributed by atoms with Crippen molar-refractivity contribution in [2.45, 2.75) is 38.6 Å². The molecule has 0 N–H and O–H groups in total. The van der Waals surface area contributed by atoms with E-state index in [0.717, 1.165) is 0 Å². The Morgan fingerprint density at radius 3 is 2.93 bits per heavy atom. The van der Waals surface area contributed by atoms with Gasteiger partial charge in [-0.15, -0.1) is 6.58 Å². The summed E-state index contributed by atoms with van der Waals surface area (Å²) in [5, 5.41) is 0. The quantitative estimate of drug-likeness (QED) is 0.653. The summed E-state index contributed by atoms with van der Waals surface area (Å²) >= 11 is 0. The highest BCUT2D eigenvalue weighted by molar-refractivity contribution is 5.72. The molecule has 0 saturated carbocycles. The van der Waals surface area contributed by atoms with Gasteiger partial charge in [0.2, 0.25) is 0 Å². The second-order valence-corrected chi connectivity index (χ2v) is 4.64. The number of hydrogen-bond donors (Lipinski definition) is 0. The molecule has 15 heavy (non-hydrogen) atoms. The SMILES string of the molecule is C=C[C@@H](C)[C@@H]1OC(=O)N2[C@H]1COC2(C)C. The topological polar surface area (TPSA) is 38.8 Å². The molecule has 2 aliphatic heterocycles. The van der Waals surface area contributed by atoms with Crippen LogP contribution in [0.5, 0.6) is 0 Å². The fraction of sp³-hybridized carbons (Fsp3) is 0.727. The van der Waals surface area contributed by atoms with Crippen molar-refractivity contribution in [1.29, 1.82) is 0 Å². The van der Waals surface area contributed by atoms with Crippen LogP contribution in [0, 0.1) is 5.92 Å². The van der Waals surface area contributed by atoms with E-state index in [-0.39, 0.29) is 24.2 Å². The summed E-state index contributed by atoms with van der Waals surface area (Å²) in [6, 6.07) is 0.0282. The van der Waals surface area contributed by atoms with Crippen molar-refractivity contribution in [3.63, 3.8) is 0 Å². The normalized spacial score (nSPS) is 34.9. The van der Waals surface area contributed by atoms with E-state index >= 15 is 0 Å². The second kappa shape index (κ2) is 3.23. The van der Waals surface area contributed by atoms with E-state index in [9.17, 15) is 4.79 Å². The molecule has 4 heteroatoms. The third kappa shape index (κ3) is 1.44. The van der Waals surface area contributed by atoms with Crippen LogP contribution >= 0.6 is 0 Å². The van der Waals surface area contributed by atoms with Crippen LogP contribution in [0.4, 0.5) is 4.79 Å². The van der Waals surface area contributed by atoms with Gasteiger partial charge in [-0.2, -0.15) is 0 Å². The first-order valence-corrected chi connectivity index (χ1v) is 5.24. The van der Waals surface area contributed by atoms with Gasteiger partial charge >= 0.3 is 6.09 Å². The summed E-state index contributed by atoms with van der Waals surface area (Å²) in [6.45, 7) is 10.0. The van der Waals surface area contributed by atoms with Gasteiger partial charge in [0, 0.05) is 5.92 Å². The second-order valence-electron chi connectivity index (χ2n) is 4.64. The van der Waals surface area contributed by atoms with Gasteiger partial charge in [0.05, 0.1) is 12.6 Å². The first kappa shape index (κ1) is 10.5. The van der Waals surface area contributed by atoms with Crippen molar-refractivity contribution < 1.29 is 14.3 Å². The molecule has 0 aromatic heterocycles. The van der Waals surface area contributed by atoms with E-state index < -0.39 is 5.72 Å². The average molecular weight is 211 g/mol. The van der Waals surface area contributed by atoms with E-state index in [1.807, 2.05) is 26.8 Å². The van der Waals surface area contributed by atoms with Crippen LogP contribution in [0.1, 0.15) is 20.8 Å². The molecule has 0 aliphatic carbocycles. The molecule has 0 bridgehead atoms. The predicted molar refractivity (Wildman–Crippen MR) is 55.3 cm³/mol. The number of rotatable bonds is 2. The van der Waals surface area contributed by atoms with E-state index in [0.29, 0.717) is 6.61 Å². The van der Waals surface area contributed by atoms with Gasteiger partial charge in [0.15, 0.2) is 0 Å². The molecule has 4 nitrogen and oxygen atoms in total. The lowest BCUT2D eigenvalue weighted by molar-refractivity contribution is -0.0394. The van der Waals surface area contributed by atoms with Crippen molar-refractivity contribution in [2.24, 2.45) is 5.92 Å². The summed E-state index contributed by atoms with van der Waals surface area (Å²) in [5.74, 6) is 0.154. The lowest BCUT2D eigenvalue weighted by atomic mass is 9.98. The number of hydrogen-bond acceptors (Lipinski definition) is 3. The highest BCUT2D eigenvalue weighted by Crippen LogP contribution is 2.37. The van der Waals surface area contributed by atoms with Gasteiger partial charge in [-0.3, -0.25) is 4.90 Å². The zero-order valence-electron chi connectivity index (χ0n) is 9.40. The first-order valence-electron chi connectivity index (χ1n) is 5.24. The fourth-order valence-corrected chi connectivity index (χ4v) is 2.27. The van der Waals surface area contributed by atoms with Crippen molar-refractivity contribution in [3.05, 3.63) is 12.7 Å². The van der Waals surface area contributed by atoms with Crippen molar-refractivity contribution in [2.75, 3.05) is 6.61 Å². The molecule has 2 fully saturated rings.